The number of ether oxygens (including phenoxy) is 2. The minimum Gasteiger partial charge on any atom is -0.493 e. The number of methoxy groups -OCH3 is 2. The zero-order chi connectivity index (χ0) is 14.9. The molecule has 1 heterocycles. The molecular formula is C13H16N2O4S. The van der Waals surface area contributed by atoms with Gasteiger partial charge in [0.25, 0.3) is 5.56 Å². The Bertz CT molecular complexity index is 750. The molecule has 0 aliphatic rings. The van der Waals surface area contributed by atoms with Crippen LogP contribution >= 0.6 is 12.6 Å². The second-order valence-electron chi connectivity index (χ2n) is 4.25. The highest BCUT2D eigenvalue weighted by molar-refractivity contribution is 7.80. The Morgan fingerprint density at radius 1 is 1.25 bits per heavy atom. The molecule has 0 saturated carbocycles. The van der Waals surface area contributed by atoms with Gasteiger partial charge >= 0.3 is 5.69 Å². The van der Waals surface area contributed by atoms with Crippen molar-refractivity contribution in [2.24, 2.45) is 0 Å². The first-order valence-corrected chi connectivity index (χ1v) is 6.63. The maximum absolute atomic E-state index is 12.4. The molecule has 2 aromatic rings. The molecule has 0 fully saturated rings. The lowest BCUT2D eigenvalue weighted by molar-refractivity contribution is 0.355. The topological polar surface area (TPSA) is 73.3 Å². The van der Waals surface area contributed by atoms with Crippen LogP contribution in [-0.2, 0) is 0 Å². The van der Waals surface area contributed by atoms with Crippen molar-refractivity contribution in [1.82, 2.24) is 9.55 Å². The Labute approximate surface area is 120 Å². The number of rotatable bonds is 4. The van der Waals surface area contributed by atoms with Crippen LogP contribution in [-0.4, -0.2) is 23.8 Å². The Balaban J connectivity index is 2.85. The fourth-order valence-corrected chi connectivity index (χ4v) is 2.22. The van der Waals surface area contributed by atoms with Crippen LogP contribution in [0.15, 0.2) is 21.7 Å². The van der Waals surface area contributed by atoms with Crippen molar-refractivity contribution in [1.29, 1.82) is 0 Å². The summed E-state index contributed by atoms with van der Waals surface area (Å²) in [7, 11) is 2.98. The molecule has 7 heteroatoms. The third-order valence-electron chi connectivity index (χ3n) is 3.10. The molecule has 6 nitrogen and oxygen atoms in total. The quantitative estimate of drug-likeness (QED) is 0.840. The van der Waals surface area contributed by atoms with Crippen LogP contribution in [0.1, 0.15) is 18.7 Å². The van der Waals surface area contributed by atoms with E-state index in [0.717, 1.165) is 4.57 Å². The van der Waals surface area contributed by atoms with E-state index in [0.29, 0.717) is 28.8 Å². The monoisotopic (exact) mass is 296 g/mol. The summed E-state index contributed by atoms with van der Waals surface area (Å²) in [5.41, 5.74) is -0.478. The molecule has 0 radical (unpaired) electrons. The zero-order valence-electron chi connectivity index (χ0n) is 11.5. The van der Waals surface area contributed by atoms with E-state index >= 15 is 0 Å². The number of nitrogens with zero attached hydrogens (tertiary/aromatic N) is 1. The van der Waals surface area contributed by atoms with Gasteiger partial charge in [0, 0.05) is 6.07 Å². The van der Waals surface area contributed by atoms with Crippen molar-refractivity contribution in [2.75, 3.05) is 14.2 Å². The van der Waals surface area contributed by atoms with Gasteiger partial charge in [0.15, 0.2) is 11.5 Å². The Morgan fingerprint density at radius 3 is 2.40 bits per heavy atom. The van der Waals surface area contributed by atoms with E-state index in [4.69, 9.17) is 9.47 Å². The number of aromatic amines is 1. The second-order valence-corrected chi connectivity index (χ2v) is 4.84. The molecule has 1 atom stereocenters. The van der Waals surface area contributed by atoms with Gasteiger partial charge in [-0.2, -0.15) is 12.6 Å². The lowest BCUT2D eigenvalue weighted by atomic mass is 10.2. The van der Waals surface area contributed by atoms with Gasteiger partial charge in [0.05, 0.1) is 30.5 Å². The van der Waals surface area contributed by atoms with Gasteiger partial charge in [-0.25, -0.2) is 9.36 Å². The molecule has 0 amide bonds. The largest absolute Gasteiger partial charge is 0.493 e. The molecule has 108 valence electrons. The number of benzene rings is 1. The highest BCUT2D eigenvalue weighted by Crippen LogP contribution is 2.29. The molecule has 2 rings (SSSR count). The van der Waals surface area contributed by atoms with Crippen LogP contribution in [0.5, 0.6) is 11.5 Å². The van der Waals surface area contributed by atoms with E-state index in [1.807, 2.05) is 6.92 Å². The number of H-pyrrole nitrogens is 1. The van der Waals surface area contributed by atoms with Crippen LogP contribution in [0, 0.1) is 0 Å². The molecule has 0 aliphatic carbocycles. The molecule has 0 spiro atoms. The summed E-state index contributed by atoms with van der Waals surface area (Å²) in [4.78, 5) is 27.1. The lowest BCUT2D eigenvalue weighted by Gasteiger charge is -2.13. The maximum atomic E-state index is 12.4. The van der Waals surface area contributed by atoms with E-state index in [-0.39, 0.29) is 0 Å². The van der Waals surface area contributed by atoms with E-state index in [1.54, 1.807) is 12.1 Å². The molecule has 1 N–H and O–H groups in total. The van der Waals surface area contributed by atoms with Crippen molar-refractivity contribution in [3.05, 3.63) is 33.0 Å². The Hall–Kier alpha value is -1.89. The first-order chi connectivity index (χ1) is 9.53. The van der Waals surface area contributed by atoms with Crippen LogP contribution in [0.4, 0.5) is 0 Å². The summed E-state index contributed by atoms with van der Waals surface area (Å²) in [6.45, 7) is 1.85. The van der Waals surface area contributed by atoms with Gasteiger partial charge in [0.2, 0.25) is 0 Å². The van der Waals surface area contributed by atoms with E-state index < -0.39 is 16.6 Å². The molecule has 1 unspecified atom stereocenters. The number of fused-ring (bicyclic) bond motifs is 1. The summed E-state index contributed by atoms with van der Waals surface area (Å²) in [6, 6.07) is 3.12. The molecule has 1 aromatic heterocycles. The predicted octanol–water partition coefficient (Wildman–Crippen LogP) is 1.55. The van der Waals surface area contributed by atoms with Gasteiger partial charge in [-0.3, -0.25) is 4.79 Å². The van der Waals surface area contributed by atoms with Gasteiger partial charge < -0.3 is 14.5 Å². The first kappa shape index (κ1) is 14.5. The van der Waals surface area contributed by atoms with Crippen molar-refractivity contribution in [3.8, 4) is 11.5 Å². The highest BCUT2D eigenvalue weighted by Gasteiger charge is 2.15. The minimum absolute atomic E-state index is 0.356. The van der Waals surface area contributed by atoms with Crippen molar-refractivity contribution >= 4 is 23.5 Å². The van der Waals surface area contributed by atoms with Crippen LogP contribution in [0.2, 0.25) is 0 Å². The SMILES string of the molecule is CCC(S)n1c(=O)[nH]c2cc(OC)c(OC)cc2c1=O. The summed E-state index contributed by atoms with van der Waals surface area (Å²) < 4.78 is 11.4. The van der Waals surface area contributed by atoms with E-state index in [9.17, 15) is 9.59 Å². The highest BCUT2D eigenvalue weighted by atomic mass is 32.1. The van der Waals surface area contributed by atoms with E-state index in [2.05, 4.69) is 17.6 Å². The third kappa shape index (κ3) is 2.29. The summed E-state index contributed by atoms with van der Waals surface area (Å²) in [5.74, 6) is 0.883. The fourth-order valence-electron chi connectivity index (χ4n) is 2.01. The first-order valence-electron chi connectivity index (χ1n) is 6.12. The maximum Gasteiger partial charge on any atom is 0.329 e. The standard InChI is InChI=1S/C13H16N2O4S/c1-4-11(20)15-12(16)7-5-9(18-2)10(19-3)6-8(7)14-13(15)17/h5-6,11,20H,4H2,1-3H3,(H,14,17). The van der Waals surface area contributed by atoms with Gasteiger partial charge in [0.1, 0.15) is 0 Å². The molecule has 20 heavy (non-hydrogen) atoms. The average molecular weight is 296 g/mol. The number of hydrogen-bond donors (Lipinski definition) is 2. The van der Waals surface area contributed by atoms with Crippen LogP contribution < -0.4 is 20.7 Å². The normalized spacial score (nSPS) is 12.4. The smallest absolute Gasteiger partial charge is 0.329 e. The predicted molar refractivity (Wildman–Crippen MR) is 80.2 cm³/mol. The van der Waals surface area contributed by atoms with Gasteiger partial charge in [-0.1, -0.05) is 6.92 Å². The second kappa shape index (κ2) is 5.62. The molecule has 0 aliphatic heterocycles. The lowest BCUT2D eigenvalue weighted by Crippen LogP contribution is -2.36. The van der Waals surface area contributed by atoms with Crippen molar-refractivity contribution in [3.63, 3.8) is 0 Å². The number of thiol groups is 1. The minimum atomic E-state index is -0.489. The van der Waals surface area contributed by atoms with Gasteiger partial charge in [-0.15, -0.1) is 0 Å². The third-order valence-corrected chi connectivity index (χ3v) is 3.69. The summed E-state index contributed by atoms with van der Waals surface area (Å²) >= 11 is 4.26. The average Bonchev–Trinajstić information content (AvgIpc) is 2.45. The number of aromatic nitrogens is 2. The summed E-state index contributed by atoms with van der Waals surface area (Å²) in [6.07, 6.45) is 0.560. The van der Waals surface area contributed by atoms with Crippen LogP contribution in [0.3, 0.4) is 0 Å². The molecular weight excluding hydrogens is 280 g/mol. The number of nitrogens with one attached hydrogen (secondary N) is 1. The van der Waals surface area contributed by atoms with E-state index in [1.165, 1.54) is 14.2 Å². The Kier molecular flexibility index (Phi) is 4.08. The summed E-state index contributed by atoms with van der Waals surface area (Å²) in [5, 5.41) is -0.113. The fraction of sp³-hybridized carbons (Fsp3) is 0.385. The zero-order valence-corrected chi connectivity index (χ0v) is 12.4. The number of hydrogen-bond acceptors (Lipinski definition) is 5. The van der Waals surface area contributed by atoms with Gasteiger partial charge in [-0.05, 0) is 12.5 Å². The van der Waals surface area contributed by atoms with Crippen LogP contribution in [0.25, 0.3) is 10.9 Å². The molecule has 0 saturated heterocycles. The Morgan fingerprint density at radius 2 is 1.85 bits per heavy atom. The molecule has 1 aromatic carbocycles. The molecule has 0 bridgehead atoms. The van der Waals surface area contributed by atoms with Crippen molar-refractivity contribution < 1.29 is 9.47 Å². The van der Waals surface area contributed by atoms with Crippen molar-refractivity contribution in [2.45, 2.75) is 18.7 Å².